The fourth-order valence-electron chi connectivity index (χ4n) is 2.59. The lowest BCUT2D eigenvalue weighted by Crippen LogP contribution is -2.48. The molecule has 1 rings (SSSR count). The van der Waals surface area contributed by atoms with E-state index in [4.69, 9.17) is 15.2 Å². The Hall–Kier alpha value is -1.06. The Morgan fingerprint density at radius 3 is 2.11 bits per heavy atom. The second kappa shape index (κ2) is 7.51. The van der Waals surface area contributed by atoms with Crippen molar-refractivity contribution in [1.29, 1.82) is 0 Å². The molecule has 1 aromatic carbocycles. The van der Waals surface area contributed by atoms with Crippen LogP contribution >= 0.6 is 0 Å². The van der Waals surface area contributed by atoms with Gasteiger partial charge in [-0.2, -0.15) is 0 Å². The van der Waals surface area contributed by atoms with Crippen molar-refractivity contribution in [1.82, 2.24) is 0 Å². The average molecular weight is 265 g/mol. The molecule has 0 amide bonds. The third-order valence-electron chi connectivity index (χ3n) is 4.18. The monoisotopic (exact) mass is 265 g/mol. The van der Waals surface area contributed by atoms with E-state index in [1.165, 1.54) is 5.56 Å². The SMILES string of the molecule is CCC(CC)(OC)C(N)CCc1ccc(OC)cc1. The molecule has 0 spiro atoms. The van der Waals surface area contributed by atoms with Crippen molar-refractivity contribution in [2.45, 2.75) is 51.2 Å². The Labute approximate surface area is 117 Å². The fraction of sp³-hybridized carbons (Fsp3) is 0.625. The summed E-state index contributed by atoms with van der Waals surface area (Å²) < 4.78 is 10.8. The van der Waals surface area contributed by atoms with Gasteiger partial charge in [-0.25, -0.2) is 0 Å². The van der Waals surface area contributed by atoms with Crippen molar-refractivity contribution in [2.75, 3.05) is 14.2 Å². The molecule has 0 saturated carbocycles. The predicted octanol–water partition coefficient (Wildman–Crippen LogP) is 3.16. The topological polar surface area (TPSA) is 44.5 Å². The van der Waals surface area contributed by atoms with Gasteiger partial charge >= 0.3 is 0 Å². The zero-order valence-electron chi connectivity index (χ0n) is 12.6. The van der Waals surface area contributed by atoms with Gasteiger partial charge in [0.15, 0.2) is 0 Å². The summed E-state index contributed by atoms with van der Waals surface area (Å²) in [5, 5.41) is 0. The van der Waals surface area contributed by atoms with E-state index in [1.807, 2.05) is 12.1 Å². The number of rotatable bonds is 8. The van der Waals surface area contributed by atoms with Crippen LogP contribution in [0.4, 0.5) is 0 Å². The number of nitrogens with two attached hydrogens (primary N) is 1. The normalized spacial score (nSPS) is 13.3. The van der Waals surface area contributed by atoms with Crippen LogP contribution in [0.2, 0.25) is 0 Å². The van der Waals surface area contributed by atoms with E-state index in [9.17, 15) is 0 Å². The highest BCUT2D eigenvalue weighted by molar-refractivity contribution is 5.27. The summed E-state index contributed by atoms with van der Waals surface area (Å²) in [4.78, 5) is 0. The van der Waals surface area contributed by atoms with E-state index in [-0.39, 0.29) is 11.6 Å². The van der Waals surface area contributed by atoms with Crippen molar-refractivity contribution in [3.05, 3.63) is 29.8 Å². The smallest absolute Gasteiger partial charge is 0.118 e. The van der Waals surface area contributed by atoms with Gasteiger partial charge in [0, 0.05) is 13.2 Å². The number of methoxy groups -OCH3 is 2. The van der Waals surface area contributed by atoms with Gasteiger partial charge in [-0.15, -0.1) is 0 Å². The van der Waals surface area contributed by atoms with Gasteiger partial charge in [0.1, 0.15) is 5.75 Å². The van der Waals surface area contributed by atoms with Crippen LogP contribution in [0.5, 0.6) is 5.75 Å². The molecule has 3 nitrogen and oxygen atoms in total. The van der Waals surface area contributed by atoms with Crippen molar-refractivity contribution in [3.63, 3.8) is 0 Å². The molecule has 0 aromatic heterocycles. The molecule has 3 heteroatoms. The van der Waals surface area contributed by atoms with Gasteiger partial charge in [-0.05, 0) is 43.4 Å². The van der Waals surface area contributed by atoms with Crippen LogP contribution in [0.3, 0.4) is 0 Å². The van der Waals surface area contributed by atoms with Gasteiger partial charge < -0.3 is 15.2 Å². The predicted molar refractivity (Wildman–Crippen MR) is 79.6 cm³/mol. The number of hydrogen-bond donors (Lipinski definition) is 1. The Kier molecular flexibility index (Phi) is 6.32. The van der Waals surface area contributed by atoms with Crippen molar-refractivity contribution < 1.29 is 9.47 Å². The molecule has 108 valence electrons. The molecule has 0 heterocycles. The molecule has 0 radical (unpaired) electrons. The van der Waals surface area contributed by atoms with Gasteiger partial charge in [-0.3, -0.25) is 0 Å². The molecular formula is C16H27NO2. The van der Waals surface area contributed by atoms with Gasteiger partial charge in [0.05, 0.1) is 12.7 Å². The van der Waals surface area contributed by atoms with Crippen molar-refractivity contribution in [2.24, 2.45) is 5.73 Å². The van der Waals surface area contributed by atoms with Gasteiger partial charge in [0.25, 0.3) is 0 Å². The number of ether oxygens (including phenoxy) is 2. The lowest BCUT2D eigenvalue weighted by Gasteiger charge is -2.36. The molecule has 0 aliphatic heterocycles. The first-order chi connectivity index (χ1) is 9.11. The summed E-state index contributed by atoms with van der Waals surface area (Å²) in [6.45, 7) is 4.28. The second-order valence-electron chi connectivity index (χ2n) is 4.97. The largest absolute Gasteiger partial charge is 0.497 e. The van der Waals surface area contributed by atoms with Crippen molar-refractivity contribution >= 4 is 0 Å². The van der Waals surface area contributed by atoms with E-state index in [0.717, 1.165) is 31.4 Å². The van der Waals surface area contributed by atoms with Crippen LogP contribution in [0.1, 0.15) is 38.7 Å². The Bertz CT molecular complexity index is 349. The first-order valence-electron chi connectivity index (χ1n) is 7.05. The highest BCUT2D eigenvalue weighted by atomic mass is 16.5. The van der Waals surface area contributed by atoms with E-state index in [0.29, 0.717) is 0 Å². The molecule has 1 atom stereocenters. The lowest BCUT2D eigenvalue weighted by atomic mass is 9.85. The minimum absolute atomic E-state index is 0.0644. The summed E-state index contributed by atoms with van der Waals surface area (Å²) in [7, 11) is 3.45. The first kappa shape index (κ1) is 16.0. The highest BCUT2D eigenvalue weighted by Gasteiger charge is 2.32. The second-order valence-corrected chi connectivity index (χ2v) is 4.97. The molecule has 0 bridgehead atoms. The van der Waals surface area contributed by atoms with Crippen LogP contribution in [0.15, 0.2) is 24.3 Å². The third kappa shape index (κ3) is 3.95. The Morgan fingerprint density at radius 2 is 1.68 bits per heavy atom. The van der Waals surface area contributed by atoms with E-state index in [2.05, 4.69) is 26.0 Å². The molecule has 1 aromatic rings. The van der Waals surface area contributed by atoms with Crippen LogP contribution in [0.25, 0.3) is 0 Å². The summed E-state index contributed by atoms with van der Waals surface area (Å²) >= 11 is 0. The maximum Gasteiger partial charge on any atom is 0.118 e. The number of hydrogen-bond acceptors (Lipinski definition) is 3. The minimum Gasteiger partial charge on any atom is -0.497 e. The third-order valence-corrected chi connectivity index (χ3v) is 4.18. The van der Waals surface area contributed by atoms with Crippen LogP contribution < -0.4 is 10.5 Å². The molecule has 2 N–H and O–H groups in total. The summed E-state index contributed by atoms with van der Waals surface area (Å²) in [6, 6.07) is 8.24. The maximum atomic E-state index is 6.34. The van der Waals surface area contributed by atoms with Crippen LogP contribution in [-0.2, 0) is 11.2 Å². The molecule has 0 fully saturated rings. The summed E-state index contributed by atoms with van der Waals surface area (Å²) in [5.41, 5.74) is 7.44. The zero-order chi connectivity index (χ0) is 14.3. The number of aryl methyl sites for hydroxylation is 1. The molecule has 0 aliphatic carbocycles. The van der Waals surface area contributed by atoms with E-state index in [1.54, 1.807) is 14.2 Å². The molecule has 19 heavy (non-hydrogen) atoms. The minimum atomic E-state index is -0.188. The van der Waals surface area contributed by atoms with Gasteiger partial charge in [0.2, 0.25) is 0 Å². The zero-order valence-corrected chi connectivity index (χ0v) is 12.6. The van der Waals surface area contributed by atoms with Crippen molar-refractivity contribution in [3.8, 4) is 5.75 Å². The lowest BCUT2D eigenvalue weighted by molar-refractivity contribution is -0.0393. The first-order valence-corrected chi connectivity index (χ1v) is 7.05. The van der Waals surface area contributed by atoms with E-state index < -0.39 is 0 Å². The maximum absolute atomic E-state index is 6.34. The number of benzene rings is 1. The fourth-order valence-corrected chi connectivity index (χ4v) is 2.59. The van der Waals surface area contributed by atoms with E-state index >= 15 is 0 Å². The molecule has 0 aliphatic rings. The quantitative estimate of drug-likeness (QED) is 0.785. The Morgan fingerprint density at radius 1 is 1.11 bits per heavy atom. The standard InChI is InChI=1S/C16H27NO2/c1-5-16(6-2,19-4)15(17)12-9-13-7-10-14(18-3)11-8-13/h7-8,10-11,15H,5-6,9,12,17H2,1-4H3. The summed E-state index contributed by atoms with van der Waals surface area (Å²) in [6.07, 6.45) is 3.80. The van der Waals surface area contributed by atoms with Crippen LogP contribution in [-0.4, -0.2) is 25.9 Å². The van der Waals surface area contributed by atoms with Gasteiger partial charge in [-0.1, -0.05) is 26.0 Å². The molecule has 0 saturated heterocycles. The van der Waals surface area contributed by atoms with Crippen LogP contribution in [0, 0.1) is 0 Å². The molecular weight excluding hydrogens is 238 g/mol. The Balaban J connectivity index is 2.59. The highest BCUT2D eigenvalue weighted by Crippen LogP contribution is 2.26. The summed E-state index contributed by atoms with van der Waals surface area (Å²) in [5.74, 6) is 0.890. The average Bonchev–Trinajstić information content (AvgIpc) is 2.48. The molecule has 1 unspecified atom stereocenters.